The number of carbonyl (C=O) groups is 1. The lowest BCUT2D eigenvalue weighted by molar-refractivity contribution is 0.0589. The summed E-state index contributed by atoms with van der Waals surface area (Å²) in [7, 11) is 1.38. The summed E-state index contributed by atoms with van der Waals surface area (Å²) >= 11 is 6.85. The maximum absolute atomic E-state index is 12.3. The normalized spacial score (nSPS) is 14.6. The van der Waals surface area contributed by atoms with Crippen LogP contribution in [0.15, 0.2) is 14.8 Å². The van der Waals surface area contributed by atoms with Crippen LogP contribution in [0.2, 0.25) is 0 Å². The number of rotatable bonds is 5. The fraction of sp³-hybridized carbons (Fsp3) is 0.500. The fourth-order valence-corrected chi connectivity index (χ4v) is 5.77. The third kappa shape index (κ3) is 3.92. The minimum absolute atomic E-state index is 0.379. The van der Waals surface area contributed by atoms with Crippen molar-refractivity contribution in [2.24, 2.45) is 0 Å². The van der Waals surface area contributed by atoms with E-state index in [0.717, 1.165) is 24.2 Å². The molecular weight excluding hydrogens is 434 g/mol. The van der Waals surface area contributed by atoms with Crippen molar-refractivity contribution in [2.45, 2.75) is 55.9 Å². The van der Waals surface area contributed by atoms with E-state index < -0.39 is 5.97 Å². The molecule has 0 atom stereocenters. The van der Waals surface area contributed by atoms with Crippen molar-refractivity contribution in [1.82, 2.24) is 14.8 Å². The minimum atomic E-state index is -0.427. The molecule has 2 heterocycles. The average Bonchev–Trinajstić information content (AvgIpc) is 3.16. The molecule has 0 aromatic carbocycles. The zero-order chi connectivity index (χ0) is 18.8. The maximum atomic E-state index is 12.3. The molecule has 0 radical (unpaired) electrons. The minimum Gasteiger partial charge on any atom is -0.464 e. The molecule has 0 unspecified atom stereocenters. The molecule has 2 aromatic heterocycles. The van der Waals surface area contributed by atoms with Crippen molar-refractivity contribution >= 4 is 50.6 Å². The first kappa shape index (κ1) is 19.6. The summed E-state index contributed by atoms with van der Waals surface area (Å²) < 4.78 is 8.38. The summed E-state index contributed by atoms with van der Waals surface area (Å²) in [5.74, 6) is -0.427. The van der Waals surface area contributed by atoms with Crippen molar-refractivity contribution in [3.05, 3.63) is 27.6 Å². The molecule has 2 aromatic rings. The van der Waals surface area contributed by atoms with E-state index in [1.165, 1.54) is 29.7 Å². The number of thioether (sulfide) groups is 1. The van der Waals surface area contributed by atoms with Crippen molar-refractivity contribution < 1.29 is 9.53 Å². The summed E-state index contributed by atoms with van der Waals surface area (Å²) in [6.07, 6.45) is 6.90. The molecule has 1 aliphatic carbocycles. The first-order chi connectivity index (χ1) is 12.4. The second kappa shape index (κ2) is 8.27. The number of nitrogens with zero attached hydrogens (tertiary/aromatic N) is 3. The van der Waals surface area contributed by atoms with Gasteiger partial charge < -0.3 is 4.74 Å². The Bertz CT molecular complexity index is 855. The van der Waals surface area contributed by atoms with E-state index >= 15 is 0 Å². The van der Waals surface area contributed by atoms with Gasteiger partial charge in [0.1, 0.15) is 0 Å². The van der Waals surface area contributed by atoms with Crippen molar-refractivity contribution in [3.63, 3.8) is 0 Å². The van der Waals surface area contributed by atoms with Crippen LogP contribution in [0.4, 0.5) is 0 Å². The van der Waals surface area contributed by atoms with E-state index in [4.69, 9.17) is 9.72 Å². The van der Waals surface area contributed by atoms with Gasteiger partial charge in [-0.15, -0.1) is 11.8 Å². The highest BCUT2D eigenvalue weighted by Crippen LogP contribution is 2.40. The lowest BCUT2D eigenvalue weighted by Gasteiger charge is -2.12. The second-order valence-corrected chi connectivity index (χ2v) is 10.0. The molecule has 0 saturated heterocycles. The summed E-state index contributed by atoms with van der Waals surface area (Å²) in [5.41, 5.74) is 3.47. The highest BCUT2D eigenvalue weighted by Gasteiger charge is 2.26. The Balaban J connectivity index is 2.12. The largest absolute Gasteiger partial charge is 0.464 e. The zero-order valence-electron chi connectivity index (χ0n) is 15.3. The third-order valence-electron chi connectivity index (χ3n) is 4.07. The van der Waals surface area contributed by atoms with Crippen LogP contribution in [-0.4, -0.2) is 33.1 Å². The number of carbonyl (C=O) groups excluding carboxylic acids is 1. The van der Waals surface area contributed by atoms with E-state index in [1.54, 1.807) is 16.0 Å². The van der Waals surface area contributed by atoms with Crippen LogP contribution in [0.3, 0.4) is 0 Å². The van der Waals surface area contributed by atoms with Crippen molar-refractivity contribution in [1.29, 1.82) is 0 Å². The van der Waals surface area contributed by atoms with Gasteiger partial charge in [-0.25, -0.2) is 9.78 Å². The predicted molar refractivity (Wildman–Crippen MR) is 110 cm³/mol. The first-order valence-corrected chi connectivity index (χ1v) is 11.1. The lowest BCUT2D eigenvalue weighted by atomic mass is 9.98. The lowest BCUT2D eigenvalue weighted by Crippen LogP contribution is -2.10. The number of thiazole rings is 1. The van der Waals surface area contributed by atoms with E-state index in [0.29, 0.717) is 20.5 Å². The van der Waals surface area contributed by atoms with Crippen LogP contribution in [0, 0.1) is 6.92 Å². The van der Waals surface area contributed by atoms with Crippen molar-refractivity contribution in [2.75, 3.05) is 7.11 Å². The van der Waals surface area contributed by atoms with Crippen molar-refractivity contribution in [3.8, 4) is 5.13 Å². The van der Waals surface area contributed by atoms with E-state index in [1.807, 2.05) is 18.7 Å². The van der Waals surface area contributed by atoms with Crippen LogP contribution >= 0.6 is 39.0 Å². The topological polar surface area (TPSA) is 57.0 Å². The molecule has 0 spiro atoms. The average molecular weight is 456 g/mol. The van der Waals surface area contributed by atoms with Crippen LogP contribution < -0.4 is 0 Å². The molecule has 5 nitrogen and oxygen atoms in total. The highest BCUT2D eigenvalue weighted by molar-refractivity contribution is 9.10. The van der Waals surface area contributed by atoms with Gasteiger partial charge in [0, 0.05) is 5.25 Å². The van der Waals surface area contributed by atoms with Gasteiger partial charge in [0.25, 0.3) is 0 Å². The number of allylic oxidation sites excluding steroid dienone is 2. The quantitative estimate of drug-likeness (QED) is 0.430. The van der Waals surface area contributed by atoms with Crippen LogP contribution in [0.25, 0.3) is 10.7 Å². The number of esters is 1. The molecule has 0 amide bonds. The molecule has 140 valence electrons. The molecule has 26 heavy (non-hydrogen) atoms. The number of hydrogen-bond acceptors (Lipinski definition) is 6. The standard InChI is InChI=1S/C18H22BrN3O2S2/c1-10(2)25-17-14(12-8-6-5-7-9-12)20-18(26-17)22-15(16(23)24-4)13(19)11(3)21-22/h8,10H,5-7,9H2,1-4H3. The number of aryl methyl sites for hydroxylation is 1. The SMILES string of the molecule is COC(=O)c1c(Br)c(C)nn1-c1nc(C2=CCCCC2)c(SC(C)C)s1. The number of methoxy groups -OCH3 is 1. The Morgan fingerprint density at radius 1 is 1.42 bits per heavy atom. The van der Waals surface area contributed by atoms with Crippen LogP contribution in [0.5, 0.6) is 0 Å². The Morgan fingerprint density at radius 3 is 2.81 bits per heavy atom. The van der Waals surface area contributed by atoms with E-state index in [2.05, 4.69) is 41.0 Å². The van der Waals surface area contributed by atoms with E-state index in [-0.39, 0.29) is 0 Å². The first-order valence-electron chi connectivity index (χ1n) is 8.63. The van der Waals surface area contributed by atoms with Gasteiger partial charge in [-0.05, 0) is 54.1 Å². The number of ether oxygens (including phenoxy) is 1. The zero-order valence-corrected chi connectivity index (χ0v) is 18.6. The fourth-order valence-electron chi connectivity index (χ4n) is 2.86. The molecule has 0 fully saturated rings. The predicted octanol–water partition coefficient (Wildman–Crippen LogP) is 5.64. The monoisotopic (exact) mass is 455 g/mol. The Hall–Kier alpha value is -1.12. The molecule has 3 rings (SSSR count). The van der Waals surface area contributed by atoms with Gasteiger partial charge in [-0.1, -0.05) is 31.3 Å². The van der Waals surface area contributed by atoms with Gasteiger partial charge >= 0.3 is 5.97 Å². The Morgan fingerprint density at radius 2 is 2.19 bits per heavy atom. The molecule has 0 saturated carbocycles. The van der Waals surface area contributed by atoms with Gasteiger partial charge in [0.05, 0.1) is 27.2 Å². The molecule has 0 bridgehead atoms. The summed E-state index contributed by atoms with van der Waals surface area (Å²) in [6.45, 7) is 6.21. The smallest absolute Gasteiger partial charge is 0.358 e. The summed E-state index contributed by atoms with van der Waals surface area (Å²) in [5, 5.41) is 5.67. The number of halogens is 1. The Kier molecular flexibility index (Phi) is 6.25. The van der Waals surface area contributed by atoms with Gasteiger partial charge in [-0.3, -0.25) is 0 Å². The summed E-state index contributed by atoms with van der Waals surface area (Å²) in [4.78, 5) is 17.2. The molecule has 0 N–H and O–H groups in total. The number of hydrogen-bond donors (Lipinski definition) is 0. The highest BCUT2D eigenvalue weighted by atomic mass is 79.9. The van der Waals surface area contributed by atoms with Gasteiger partial charge in [0.2, 0.25) is 5.13 Å². The molecule has 0 aliphatic heterocycles. The molecule has 1 aliphatic rings. The van der Waals surface area contributed by atoms with Crippen LogP contribution in [-0.2, 0) is 4.74 Å². The third-order valence-corrected chi connectivity index (χ3v) is 7.26. The van der Waals surface area contributed by atoms with Gasteiger partial charge in [-0.2, -0.15) is 9.78 Å². The second-order valence-electron chi connectivity index (χ2n) is 6.43. The Labute approximate surface area is 170 Å². The molecular formula is C18H22BrN3O2S2. The maximum Gasteiger partial charge on any atom is 0.358 e. The molecule has 8 heteroatoms. The number of aromatic nitrogens is 3. The van der Waals surface area contributed by atoms with Gasteiger partial charge in [0.15, 0.2) is 5.69 Å². The summed E-state index contributed by atoms with van der Waals surface area (Å²) in [6, 6.07) is 0. The van der Waals surface area contributed by atoms with E-state index in [9.17, 15) is 4.79 Å². The van der Waals surface area contributed by atoms with Crippen LogP contribution in [0.1, 0.15) is 61.4 Å².